The highest BCUT2D eigenvalue weighted by atomic mass is 19.1. The first-order chi connectivity index (χ1) is 12.7. The van der Waals surface area contributed by atoms with Crippen LogP contribution in [0, 0.1) is 5.82 Å². The Kier molecular flexibility index (Phi) is 3.91. The van der Waals surface area contributed by atoms with Crippen LogP contribution in [0.3, 0.4) is 0 Å². The molecule has 0 amide bonds. The second-order valence-corrected chi connectivity index (χ2v) is 5.69. The molecule has 0 saturated heterocycles. The summed E-state index contributed by atoms with van der Waals surface area (Å²) in [4.78, 5) is 23.9. The monoisotopic (exact) mass is 347 g/mol. The van der Waals surface area contributed by atoms with E-state index in [2.05, 4.69) is 20.4 Å². The van der Waals surface area contributed by atoms with Gasteiger partial charge in [-0.05, 0) is 23.8 Å². The number of benzene rings is 2. The van der Waals surface area contributed by atoms with Crippen LogP contribution in [0.1, 0.15) is 0 Å². The SMILES string of the molecule is NNc1nc2nc(-c3ccccc3)cc(-c3ccc(F)cc3)c2c(=O)[nH]1. The third kappa shape index (κ3) is 2.80. The maximum Gasteiger partial charge on any atom is 0.262 e. The summed E-state index contributed by atoms with van der Waals surface area (Å²) < 4.78 is 13.3. The molecule has 0 unspecified atom stereocenters. The molecule has 4 rings (SSSR count). The Balaban J connectivity index is 2.07. The number of nitrogens with two attached hydrogens (primary N) is 1. The van der Waals surface area contributed by atoms with Gasteiger partial charge in [-0.1, -0.05) is 42.5 Å². The smallest absolute Gasteiger partial charge is 0.262 e. The van der Waals surface area contributed by atoms with Gasteiger partial charge in [-0.15, -0.1) is 0 Å². The Hall–Kier alpha value is -3.58. The lowest BCUT2D eigenvalue weighted by Gasteiger charge is -2.10. The molecule has 4 N–H and O–H groups in total. The maximum absolute atomic E-state index is 13.3. The number of anilines is 1. The molecule has 0 radical (unpaired) electrons. The minimum atomic E-state index is -0.380. The number of nitrogen functional groups attached to an aromatic ring is 1. The van der Waals surface area contributed by atoms with Gasteiger partial charge in [0.2, 0.25) is 5.95 Å². The number of nitrogens with zero attached hydrogens (tertiary/aromatic N) is 2. The summed E-state index contributed by atoms with van der Waals surface area (Å²) in [6.45, 7) is 0. The fourth-order valence-corrected chi connectivity index (χ4v) is 2.82. The standard InChI is InChI=1S/C19H14FN5O/c20-13-8-6-11(7-9-13)14-10-15(12-4-2-1-3-5-12)22-17-16(14)18(26)24-19(23-17)25-21/h1-10H,21H2,(H2,22,23,24,25,26). The third-order valence-electron chi connectivity index (χ3n) is 4.04. The molecule has 2 aromatic heterocycles. The van der Waals surface area contributed by atoms with Crippen LogP contribution in [0.5, 0.6) is 0 Å². The number of pyridine rings is 1. The van der Waals surface area contributed by atoms with Gasteiger partial charge in [-0.25, -0.2) is 15.2 Å². The molecule has 0 aliphatic carbocycles. The Morgan fingerprint density at radius 3 is 2.38 bits per heavy atom. The molecular weight excluding hydrogens is 333 g/mol. The molecule has 0 aliphatic rings. The van der Waals surface area contributed by atoms with E-state index < -0.39 is 0 Å². The van der Waals surface area contributed by atoms with Gasteiger partial charge in [-0.2, -0.15) is 4.98 Å². The van der Waals surface area contributed by atoms with Gasteiger partial charge in [-0.3, -0.25) is 15.2 Å². The van der Waals surface area contributed by atoms with Crippen LogP contribution in [0.15, 0.2) is 65.5 Å². The number of hydrogen-bond acceptors (Lipinski definition) is 5. The van der Waals surface area contributed by atoms with Crippen molar-refractivity contribution in [3.63, 3.8) is 0 Å². The summed E-state index contributed by atoms with van der Waals surface area (Å²) in [5.74, 6) is 5.14. The summed E-state index contributed by atoms with van der Waals surface area (Å²) in [7, 11) is 0. The second-order valence-electron chi connectivity index (χ2n) is 5.69. The van der Waals surface area contributed by atoms with Gasteiger partial charge in [0.05, 0.1) is 11.1 Å². The van der Waals surface area contributed by atoms with E-state index in [-0.39, 0.29) is 23.0 Å². The highest BCUT2D eigenvalue weighted by molar-refractivity contribution is 5.94. The number of hydrogen-bond donors (Lipinski definition) is 3. The Morgan fingerprint density at radius 1 is 0.962 bits per heavy atom. The van der Waals surface area contributed by atoms with E-state index in [4.69, 9.17) is 5.84 Å². The van der Waals surface area contributed by atoms with Crippen LogP contribution in [0.2, 0.25) is 0 Å². The van der Waals surface area contributed by atoms with E-state index >= 15 is 0 Å². The first-order valence-electron chi connectivity index (χ1n) is 7.89. The number of aromatic amines is 1. The molecule has 4 aromatic rings. The van der Waals surface area contributed by atoms with E-state index in [0.29, 0.717) is 22.2 Å². The molecule has 0 atom stereocenters. The summed E-state index contributed by atoms with van der Waals surface area (Å²) in [6, 6.07) is 17.3. The van der Waals surface area contributed by atoms with Gasteiger partial charge in [0.1, 0.15) is 5.82 Å². The number of fused-ring (bicyclic) bond motifs is 1. The third-order valence-corrected chi connectivity index (χ3v) is 4.04. The van der Waals surface area contributed by atoms with Gasteiger partial charge < -0.3 is 0 Å². The molecule has 0 bridgehead atoms. The molecule has 0 spiro atoms. The van der Waals surface area contributed by atoms with Crippen LogP contribution in [0.25, 0.3) is 33.4 Å². The lowest BCUT2D eigenvalue weighted by molar-refractivity contribution is 0.628. The molecule has 0 fully saturated rings. The van der Waals surface area contributed by atoms with Crippen LogP contribution < -0.4 is 16.8 Å². The number of aromatic nitrogens is 3. The van der Waals surface area contributed by atoms with E-state index in [1.807, 2.05) is 30.3 Å². The average Bonchev–Trinajstić information content (AvgIpc) is 2.68. The van der Waals surface area contributed by atoms with E-state index in [0.717, 1.165) is 5.56 Å². The van der Waals surface area contributed by atoms with Crippen molar-refractivity contribution in [3.8, 4) is 22.4 Å². The molecule has 0 saturated carbocycles. The molecule has 2 heterocycles. The predicted octanol–water partition coefficient (Wildman–Crippen LogP) is 3.08. The van der Waals surface area contributed by atoms with Crippen molar-refractivity contribution in [1.82, 2.24) is 15.0 Å². The maximum atomic E-state index is 13.3. The summed E-state index contributed by atoms with van der Waals surface area (Å²) in [6.07, 6.45) is 0. The van der Waals surface area contributed by atoms with Crippen LogP contribution >= 0.6 is 0 Å². The highest BCUT2D eigenvalue weighted by Gasteiger charge is 2.14. The van der Waals surface area contributed by atoms with Crippen molar-refractivity contribution in [3.05, 3.63) is 76.8 Å². The van der Waals surface area contributed by atoms with Gasteiger partial charge in [0.25, 0.3) is 5.56 Å². The zero-order valence-electron chi connectivity index (χ0n) is 13.5. The van der Waals surface area contributed by atoms with Crippen molar-refractivity contribution in [2.45, 2.75) is 0 Å². The number of nitrogens with one attached hydrogen (secondary N) is 2. The Morgan fingerprint density at radius 2 is 1.69 bits per heavy atom. The lowest BCUT2D eigenvalue weighted by Crippen LogP contribution is -2.18. The minimum absolute atomic E-state index is 0.116. The molecule has 2 aromatic carbocycles. The van der Waals surface area contributed by atoms with Crippen LogP contribution in [0.4, 0.5) is 10.3 Å². The summed E-state index contributed by atoms with van der Waals surface area (Å²) >= 11 is 0. The van der Waals surface area contributed by atoms with Gasteiger partial charge in [0, 0.05) is 11.1 Å². The first-order valence-corrected chi connectivity index (χ1v) is 7.89. The van der Waals surface area contributed by atoms with Gasteiger partial charge >= 0.3 is 0 Å². The van der Waals surface area contributed by atoms with Crippen LogP contribution in [-0.4, -0.2) is 15.0 Å². The van der Waals surface area contributed by atoms with Crippen molar-refractivity contribution < 1.29 is 4.39 Å². The average molecular weight is 347 g/mol. The van der Waals surface area contributed by atoms with E-state index in [1.165, 1.54) is 12.1 Å². The number of rotatable bonds is 3. The van der Waals surface area contributed by atoms with Gasteiger partial charge in [0.15, 0.2) is 5.65 Å². The number of halogens is 1. The first kappa shape index (κ1) is 15.9. The quantitative estimate of drug-likeness (QED) is 0.391. The Labute approximate surface area is 147 Å². The van der Waals surface area contributed by atoms with Crippen molar-refractivity contribution >= 4 is 17.0 Å². The fourth-order valence-electron chi connectivity index (χ4n) is 2.82. The zero-order valence-corrected chi connectivity index (χ0v) is 13.5. The van der Waals surface area contributed by atoms with Crippen LogP contribution in [-0.2, 0) is 0 Å². The zero-order chi connectivity index (χ0) is 18.1. The molecule has 26 heavy (non-hydrogen) atoms. The molecule has 7 heteroatoms. The van der Waals surface area contributed by atoms with E-state index in [9.17, 15) is 9.18 Å². The van der Waals surface area contributed by atoms with Crippen molar-refractivity contribution in [1.29, 1.82) is 0 Å². The molecule has 6 nitrogen and oxygen atoms in total. The van der Waals surface area contributed by atoms with E-state index in [1.54, 1.807) is 18.2 Å². The topological polar surface area (TPSA) is 96.7 Å². The van der Waals surface area contributed by atoms with Crippen molar-refractivity contribution in [2.24, 2.45) is 5.84 Å². The fraction of sp³-hybridized carbons (Fsp3) is 0. The van der Waals surface area contributed by atoms with Crippen molar-refractivity contribution in [2.75, 3.05) is 5.43 Å². The summed E-state index contributed by atoms with van der Waals surface area (Å²) in [5.41, 5.74) is 5.04. The number of hydrazine groups is 1. The molecule has 0 aliphatic heterocycles. The molecule has 128 valence electrons. The second kappa shape index (κ2) is 6.38. The Bertz CT molecular complexity index is 1140. The highest BCUT2D eigenvalue weighted by Crippen LogP contribution is 2.30. The normalized spacial score (nSPS) is 10.8. The lowest BCUT2D eigenvalue weighted by atomic mass is 10.0. The molecular formula is C19H14FN5O. The largest absolute Gasteiger partial charge is 0.294 e. The minimum Gasteiger partial charge on any atom is -0.294 e. The summed E-state index contributed by atoms with van der Waals surface area (Å²) in [5, 5.41) is 0.315. The predicted molar refractivity (Wildman–Crippen MR) is 98.8 cm³/mol. The number of H-pyrrole nitrogens is 1.